The lowest BCUT2D eigenvalue weighted by Crippen LogP contribution is -2.27. The lowest BCUT2D eigenvalue weighted by Gasteiger charge is -2.16. The van der Waals surface area contributed by atoms with Gasteiger partial charge in [0, 0.05) is 30.6 Å². The van der Waals surface area contributed by atoms with E-state index in [1.165, 1.54) is 0 Å². The van der Waals surface area contributed by atoms with E-state index in [-0.39, 0.29) is 11.7 Å². The van der Waals surface area contributed by atoms with Gasteiger partial charge in [-0.25, -0.2) is 0 Å². The summed E-state index contributed by atoms with van der Waals surface area (Å²) in [5, 5.41) is 8.54. The summed E-state index contributed by atoms with van der Waals surface area (Å²) in [7, 11) is 0. The number of nitriles is 1. The average molecular weight is 256 g/mol. The first-order chi connectivity index (χ1) is 9.17. The summed E-state index contributed by atoms with van der Waals surface area (Å²) in [6.45, 7) is 2.40. The SMILES string of the molecule is CCC(=O)c1ccc2c(c1)CC(=O)N2CCCC#N. The highest BCUT2D eigenvalue weighted by atomic mass is 16.2. The number of carbonyl (C=O) groups excluding carboxylic acids is 2. The fourth-order valence-corrected chi connectivity index (χ4v) is 2.32. The molecular weight excluding hydrogens is 240 g/mol. The number of rotatable bonds is 5. The Hall–Kier alpha value is -2.15. The van der Waals surface area contributed by atoms with Gasteiger partial charge in [0.25, 0.3) is 0 Å². The van der Waals surface area contributed by atoms with Crippen molar-refractivity contribution in [2.75, 3.05) is 11.4 Å². The maximum absolute atomic E-state index is 11.9. The largest absolute Gasteiger partial charge is 0.312 e. The molecule has 0 N–H and O–H groups in total. The highest BCUT2D eigenvalue weighted by molar-refractivity contribution is 6.03. The smallest absolute Gasteiger partial charge is 0.231 e. The van der Waals surface area contributed by atoms with Gasteiger partial charge >= 0.3 is 0 Å². The maximum Gasteiger partial charge on any atom is 0.231 e. The molecule has 4 nitrogen and oxygen atoms in total. The van der Waals surface area contributed by atoms with Gasteiger partial charge in [-0.05, 0) is 30.2 Å². The van der Waals surface area contributed by atoms with Crippen LogP contribution in [-0.4, -0.2) is 18.2 Å². The first-order valence-electron chi connectivity index (χ1n) is 6.50. The van der Waals surface area contributed by atoms with Crippen molar-refractivity contribution in [1.29, 1.82) is 5.26 Å². The summed E-state index contributed by atoms with van der Waals surface area (Å²) in [6.07, 6.45) is 1.95. The fraction of sp³-hybridized carbons (Fsp3) is 0.400. The number of amides is 1. The summed E-state index contributed by atoms with van der Waals surface area (Å²) < 4.78 is 0. The molecule has 0 bridgehead atoms. The van der Waals surface area contributed by atoms with Crippen LogP contribution in [0.3, 0.4) is 0 Å². The normalized spacial score (nSPS) is 13.3. The van der Waals surface area contributed by atoms with Crippen molar-refractivity contribution in [1.82, 2.24) is 0 Å². The van der Waals surface area contributed by atoms with Crippen LogP contribution in [0.4, 0.5) is 5.69 Å². The Kier molecular flexibility index (Phi) is 3.96. The van der Waals surface area contributed by atoms with E-state index in [1.54, 1.807) is 11.0 Å². The van der Waals surface area contributed by atoms with E-state index in [0.717, 1.165) is 11.3 Å². The monoisotopic (exact) mass is 256 g/mol. The Morgan fingerprint density at radius 1 is 1.47 bits per heavy atom. The number of benzene rings is 1. The third-order valence-corrected chi connectivity index (χ3v) is 3.33. The summed E-state index contributed by atoms with van der Waals surface area (Å²) in [6, 6.07) is 7.52. The zero-order valence-electron chi connectivity index (χ0n) is 11.0. The number of hydrogen-bond acceptors (Lipinski definition) is 3. The number of anilines is 1. The molecule has 1 aliphatic rings. The Bertz CT molecular complexity index is 558. The lowest BCUT2D eigenvalue weighted by atomic mass is 10.0. The average Bonchev–Trinajstić information content (AvgIpc) is 2.73. The Morgan fingerprint density at radius 3 is 2.95 bits per heavy atom. The Labute approximate surface area is 112 Å². The predicted octanol–water partition coefficient (Wildman–Crippen LogP) is 2.47. The van der Waals surface area contributed by atoms with Crippen LogP contribution in [0, 0.1) is 11.3 Å². The molecule has 19 heavy (non-hydrogen) atoms. The summed E-state index contributed by atoms with van der Waals surface area (Å²) in [5.74, 6) is 0.146. The lowest BCUT2D eigenvalue weighted by molar-refractivity contribution is -0.117. The molecule has 98 valence electrons. The van der Waals surface area contributed by atoms with Crippen LogP contribution in [0.5, 0.6) is 0 Å². The number of ketones is 1. The minimum Gasteiger partial charge on any atom is -0.312 e. The van der Waals surface area contributed by atoms with E-state index in [2.05, 4.69) is 6.07 Å². The van der Waals surface area contributed by atoms with Crippen LogP contribution in [0.25, 0.3) is 0 Å². The van der Waals surface area contributed by atoms with E-state index >= 15 is 0 Å². The number of fused-ring (bicyclic) bond motifs is 1. The first kappa shape index (κ1) is 13.3. The Morgan fingerprint density at radius 2 is 2.26 bits per heavy atom. The van der Waals surface area contributed by atoms with Crippen molar-refractivity contribution in [3.63, 3.8) is 0 Å². The molecule has 0 saturated heterocycles. The molecule has 0 aromatic heterocycles. The molecule has 0 radical (unpaired) electrons. The van der Waals surface area contributed by atoms with Gasteiger partial charge in [-0.1, -0.05) is 6.92 Å². The van der Waals surface area contributed by atoms with Crippen LogP contribution in [-0.2, 0) is 11.2 Å². The Balaban J connectivity index is 2.20. The van der Waals surface area contributed by atoms with Crippen LogP contribution in [0.1, 0.15) is 42.1 Å². The molecule has 0 unspecified atom stereocenters. The quantitative estimate of drug-likeness (QED) is 0.600. The van der Waals surface area contributed by atoms with Crippen molar-refractivity contribution >= 4 is 17.4 Å². The zero-order valence-corrected chi connectivity index (χ0v) is 11.0. The van der Waals surface area contributed by atoms with Crippen molar-refractivity contribution in [2.45, 2.75) is 32.6 Å². The van der Waals surface area contributed by atoms with E-state index in [1.807, 2.05) is 19.1 Å². The van der Waals surface area contributed by atoms with Crippen LogP contribution in [0.15, 0.2) is 18.2 Å². The van der Waals surface area contributed by atoms with E-state index in [4.69, 9.17) is 5.26 Å². The van der Waals surface area contributed by atoms with Gasteiger partial charge in [0.2, 0.25) is 5.91 Å². The minimum atomic E-state index is 0.0500. The molecule has 4 heteroatoms. The van der Waals surface area contributed by atoms with Gasteiger partial charge in [-0.2, -0.15) is 5.26 Å². The second-order valence-electron chi connectivity index (χ2n) is 4.60. The summed E-state index contributed by atoms with van der Waals surface area (Å²) >= 11 is 0. The molecule has 0 atom stereocenters. The maximum atomic E-state index is 11.9. The molecule has 1 aromatic rings. The third kappa shape index (κ3) is 2.65. The molecule has 1 aliphatic heterocycles. The van der Waals surface area contributed by atoms with Gasteiger partial charge in [-0.15, -0.1) is 0 Å². The second kappa shape index (κ2) is 5.66. The summed E-state index contributed by atoms with van der Waals surface area (Å²) in [4.78, 5) is 25.3. The first-order valence-corrected chi connectivity index (χ1v) is 6.50. The van der Waals surface area contributed by atoms with Gasteiger partial charge < -0.3 is 4.90 Å². The highest BCUT2D eigenvalue weighted by Gasteiger charge is 2.27. The number of hydrogen-bond donors (Lipinski definition) is 0. The number of Topliss-reactive ketones (excluding diaryl/α,β-unsaturated/α-hetero) is 1. The molecule has 1 heterocycles. The fourth-order valence-electron chi connectivity index (χ4n) is 2.32. The molecule has 0 aliphatic carbocycles. The number of unbranched alkanes of at least 4 members (excludes halogenated alkanes) is 1. The topological polar surface area (TPSA) is 61.2 Å². The molecule has 0 fully saturated rings. The van der Waals surface area contributed by atoms with Crippen molar-refractivity contribution in [3.05, 3.63) is 29.3 Å². The third-order valence-electron chi connectivity index (χ3n) is 3.33. The predicted molar refractivity (Wildman–Crippen MR) is 72.0 cm³/mol. The molecular formula is C15H16N2O2. The molecule has 2 rings (SSSR count). The van der Waals surface area contributed by atoms with E-state index in [9.17, 15) is 9.59 Å². The van der Waals surface area contributed by atoms with E-state index in [0.29, 0.717) is 37.8 Å². The second-order valence-corrected chi connectivity index (χ2v) is 4.60. The number of nitrogens with zero attached hydrogens (tertiary/aromatic N) is 2. The van der Waals surface area contributed by atoms with E-state index < -0.39 is 0 Å². The van der Waals surface area contributed by atoms with Gasteiger partial charge in [0.15, 0.2) is 5.78 Å². The van der Waals surface area contributed by atoms with Crippen molar-refractivity contribution in [3.8, 4) is 6.07 Å². The van der Waals surface area contributed by atoms with Crippen molar-refractivity contribution in [2.24, 2.45) is 0 Å². The standard InChI is InChI=1S/C15H16N2O2/c1-2-14(18)11-5-6-13-12(9-11)10-15(19)17(13)8-4-3-7-16/h5-6,9H,2-4,8,10H2,1H3. The van der Waals surface area contributed by atoms with Crippen LogP contribution < -0.4 is 4.90 Å². The zero-order chi connectivity index (χ0) is 13.8. The van der Waals surface area contributed by atoms with Crippen molar-refractivity contribution < 1.29 is 9.59 Å². The van der Waals surface area contributed by atoms with Crippen LogP contribution in [0.2, 0.25) is 0 Å². The van der Waals surface area contributed by atoms with Gasteiger partial charge in [0.1, 0.15) is 0 Å². The van der Waals surface area contributed by atoms with Gasteiger partial charge in [0.05, 0.1) is 12.5 Å². The molecule has 1 amide bonds. The molecule has 1 aromatic carbocycles. The summed E-state index contributed by atoms with van der Waals surface area (Å²) in [5.41, 5.74) is 2.48. The molecule has 0 saturated carbocycles. The number of carbonyl (C=O) groups is 2. The highest BCUT2D eigenvalue weighted by Crippen LogP contribution is 2.30. The minimum absolute atomic E-state index is 0.0500. The van der Waals surface area contributed by atoms with Crippen LogP contribution >= 0.6 is 0 Å². The van der Waals surface area contributed by atoms with Gasteiger partial charge in [-0.3, -0.25) is 9.59 Å². The molecule has 0 spiro atoms.